The van der Waals surface area contributed by atoms with Crippen LogP contribution in [-0.2, 0) is 10.0 Å². The molecule has 0 amide bonds. The minimum Gasteiger partial charge on any atom is -0.481 e. The first-order chi connectivity index (χ1) is 12.4. The summed E-state index contributed by atoms with van der Waals surface area (Å²) >= 11 is 1.36. The molecule has 1 aromatic carbocycles. The number of nitrogens with one attached hydrogen (secondary N) is 1. The number of rotatable bonds is 5. The van der Waals surface area contributed by atoms with Crippen molar-refractivity contribution in [2.45, 2.75) is 11.8 Å². The van der Waals surface area contributed by atoms with Crippen molar-refractivity contribution >= 4 is 27.0 Å². The first-order valence-corrected chi connectivity index (χ1v) is 9.87. The van der Waals surface area contributed by atoms with Gasteiger partial charge in [0, 0.05) is 17.1 Å². The number of anilines is 1. The standard InChI is InChI=1S/C18H15N3O3S2/c1-12-3-4-13(17-6-5-14(11-19)25-17)9-16(12)21-26(22,23)15-7-8-20-18(10-15)24-2/h3-10,21H,1-2H3. The Morgan fingerprint density at radius 3 is 2.69 bits per heavy atom. The zero-order valence-corrected chi connectivity index (χ0v) is 15.7. The summed E-state index contributed by atoms with van der Waals surface area (Å²) < 4.78 is 33.0. The Kier molecular flexibility index (Phi) is 4.93. The molecule has 3 rings (SSSR count). The summed E-state index contributed by atoms with van der Waals surface area (Å²) in [5.74, 6) is 0.223. The first kappa shape index (κ1) is 17.9. The van der Waals surface area contributed by atoms with Gasteiger partial charge in [-0.1, -0.05) is 12.1 Å². The zero-order chi connectivity index (χ0) is 18.7. The number of pyridine rings is 1. The summed E-state index contributed by atoms with van der Waals surface area (Å²) in [4.78, 5) is 5.49. The monoisotopic (exact) mass is 385 g/mol. The molecule has 1 N–H and O–H groups in total. The van der Waals surface area contributed by atoms with Crippen molar-refractivity contribution in [2.24, 2.45) is 0 Å². The summed E-state index contributed by atoms with van der Waals surface area (Å²) in [6, 6.07) is 14.0. The van der Waals surface area contributed by atoms with Gasteiger partial charge in [0.15, 0.2) is 0 Å². The lowest BCUT2D eigenvalue weighted by Crippen LogP contribution is -2.14. The molecule has 0 aliphatic carbocycles. The van der Waals surface area contributed by atoms with E-state index in [0.29, 0.717) is 10.6 Å². The smallest absolute Gasteiger partial charge is 0.262 e. The van der Waals surface area contributed by atoms with Gasteiger partial charge in [0.05, 0.1) is 17.7 Å². The fourth-order valence-electron chi connectivity index (χ4n) is 2.31. The maximum atomic E-state index is 12.7. The lowest BCUT2D eigenvalue weighted by molar-refractivity contribution is 0.396. The fraction of sp³-hybridized carbons (Fsp3) is 0.111. The van der Waals surface area contributed by atoms with Crippen LogP contribution in [0.4, 0.5) is 5.69 Å². The van der Waals surface area contributed by atoms with E-state index in [9.17, 15) is 8.42 Å². The van der Waals surface area contributed by atoms with Gasteiger partial charge in [-0.2, -0.15) is 5.26 Å². The van der Waals surface area contributed by atoms with E-state index in [4.69, 9.17) is 10.00 Å². The molecule has 6 nitrogen and oxygen atoms in total. The highest BCUT2D eigenvalue weighted by molar-refractivity contribution is 7.92. The number of aryl methyl sites for hydroxylation is 1. The second-order valence-corrected chi connectivity index (χ2v) is 8.21. The van der Waals surface area contributed by atoms with Crippen molar-refractivity contribution in [2.75, 3.05) is 11.8 Å². The van der Waals surface area contributed by atoms with Gasteiger partial charge in [0.2, 0.25) is 5.88 Å². The summed E-state index contributed by atoms with van der Waals surface area (Å²) in [6.45, 7) is 1.82. The molecule has 0 spiro atoms. The molecule has 0 saturated heterocycles. The van der Waals surface area contributed by atoms with E-state index in [2.05, 4.69) is 15.8 Å². The minimum atomic E-state index is -3.79. The largest absolute Gasteiger partial charge is 0.481 e. The minimum absolute atomic E-state index is 0.0667. The number of nitriles is 1. The summed E-state index contributed by atoms with van der Waals surface area (Å²) in [5.41, 5.74) is 2.10. The Labute approximate surface area is 155 Å². The van der Waals surface area contributed by atoms with Gasteiger partial charge in [-0.3, -0.25) is 4.72 Å². The molecule has 132 valence electrons. The molecule has 2 aromatic heterocycles. The molecule has 26 heavy (non-hydrogen) atoms. The van der Waals surface area contributed by atoms with E-state index in [-0.39, 0.29) is 10.8 Å². The van der Waals surface area contributed by atoms with Crippen LogP contribution in [-0.4, -0.2) is 20.5 Å². The molecule has 0 radical (unpaired) electrons. The maximum Gasteiger partial charge on any atom is 0.262 e. The Hall–Kier alpha value is -2.89. The van der Waals surface area contributed by atoms with Crippen LogP contribution in [0.5, 0.6) is 5.88 Å². The summed E-state index contributed by atoms with van der Waals surface area (Å²) in [7, 11) is -2.36. The number of aromatic nitrogens is 1. The average Bonchev–Trinajstić information content (AvgIpc) is 3.12. The third-order valence-corrected chi connectivity index (χ3v) is 6.11. The quantitative estimate of drug-likeness (QED) is 0.721. The van der Waals surface area contributed by atoms with Crippen LogP contribution in [0.25, 0.3) is 10.4 Å². The van der Waals surface area contributed by atoms with Gasteiger partial charge in [0.1, 0.15) is 10.9 Å². The second-order valence-electron chi connectivity index (χ2n) is 5.44. The van der Waals surface area contributed by atoms with Crippen molar-refractivity contribution < 1.29 is 13.2 Å². The Morgan fingerprint density at radius 1 is 1.19 bits per heavy atom. The second kappa shape index (κ2) is 7.15. The number of nitrogens with zero attached hydrogens (tertiary/aromatic N) is 2. The maximum absolute atomic E-state index is 12.7. The Bertz CT molecular complexity index is 1100. The molecule has 0 saturated carbocycles. The van der Waals surface area contributed by atoms with Crippen LogP contribution in [0, 0.1) is 18.3 Å². The van der Waals surface area contributed by atoms with Crippen LogP contribution < -0.4 is 9.46 Å². The van der Waals surface area contributed by atoms with Gasteiger partial charge < -0.3 is 4.74 Å². The molecule has 2 heterocycles. The molecule has 0 atom stereocenters. The Morgan fingerprint density at radius 2 is 2.00 bits per heavy atom. The van der Waals surface area contributed by atoms with Crippen molar-refractivity contribution in [3.8, 4) is 22.4 Å². The third kappa shape index (κ3) is 3.69. The first-order valence-electron chi connectivity index (χ1n) is 7.57. The molecule has 0 aliphatic heterocycles. The van der Waals surface area contributed by atoms with Gasteiger partial charge in [-0.25, -0.2) is 13.4 Å². The van der Waals surface area contributed by atoms with Crippen molar-refractivity contribution in [1.82, 2.24) is 4.98 Å². The van der Waals surface area contributed by atoms with Gasteiger partial charge in [-0.15, -0.1) is 11.3 Å². The predicted octanol–water partition coefficient (Wildman–Crippen LogP) is 3.80. The Balaban J connectivity index is 1.96. The SMILES string of the molecule is COc1cc(S(=O)(=O)Nc2cc(-c3ccc(C#N)s3)ccc2C)ccn1. The number of thiophene rings is 1. The van der Waals surface area contributed by atoms with Crippen LogP contribution >= 0.6 is 11.3 Å². The van der Waals surface area contributed by atoms with Crippen LogP contribution in [0.3, 0.4) is 0 Å². The molecule has 0 aliphatic rings. The molecular formula is C18H15N3O3S2. The van der Waals surface area contributed by atoms with E-state index in [1.165, 1.54) is 36.8 Å². The number of benzene rings is 1. The van der Waals surface area contributed by atoms with E-state index in [0.717, 1.165) is 16.0 Å². The zero-order valence-electron chi connectivity index (χ0n) is 14.1. The van der Waals surface area contributed by atoms with Crippen LogP contribution in [0.2, 0.25) is 0 Å². The van der Waals surface area contributed by atoms with Gasteiger partial charge in [-0.05, 0) is 42.3 Å². The van der Waals surface area contributed by atoms with Crippen LogP contribution in [0.15, 0.2) is 53.6 Å². The number of hydrogen-bond acceptors (Lipinski definition) is 6. The van der Waals surface area contributed by atoms with Gasteiger partial charge >= 0.3 is 0 Å². The lowest BCUT2D eigenvalue weighted by Gasteiger charge is -2.12. The van der Waals surface area contributed by atoms with Gasteiger partial charge in [0.25, 0.3) is 10.0 Å². The highest BCUT2D eigenvalue weighted by Gasteiger charge is 2.17. The van der Waals surface area contributed by atoms with E-state index < -0.39 is 10.0 Å². The van der Waals surface area contributed by atoms with E-state index in [1.54, 1.807) is 12.1 Å². The third-order valence-electron chi connectivity index (χ3n) is 3.71. The molecule has 8 heteroatoms. The van der Waals surface area contributed by atoms with E-state index >= 15 is 0 Å². The van der Waals surface area contributed by atoms with Crippen molar-refractivity contribution in [3.05, 3.63) is 59.1 Å². The average molecular weight is 385 g/mol. The fourth-order valence-corrected chi connectivity index (χ4v) is 4.23. The highest BCUT2D eigenvalue weighted by Crippen LogP contribution is 2.31. The van der Waals surface area contributed by atoms with Crippen molar-refractivity contribution in [1.29, 1.82) is 5.26 Å². The molecular weight excluding hydrogens is 370 g/mol. The van der Waals surface area contributed by atoms with E-state index in [1.807, 2.05) is 25.1 Å². The number of sulfonamides is 1. The number of ether oxygens (including phenoxy) is 1. The van der Waals surface area contributed by atoms with Crippen molar-refractivity contribution in [3.63, 3.8) is 0 Å². The normalized spacial score (nSPS) is 11.0. The summed E-state index contributed by atoms with van der Waals surface area (Å²) in [5, 5.41) is 8.97. The summed E-state index contributed by atoms with van der Waals surface area (Å²) in [6.07, 6.45) is 1.38. The molecule has 0 fully saturated rings. The molecule has 0 bridgehead atoms. The number of methoxy groups -OCH3 is 1. The topological polar surface area (TPSA) is 92.1 Å². The molecule has 3 aromatic rings. The number of hydrogen-bond donors (Lipinski definition) is 1. The predicted molar refractivity (Wildman–Crippen MR) is 101 cm³/mol. The highest BCUT2D eigenvalue weighted by atomic mass is 32.2. The molecule has 0 unspecified atom stereocenters. The lowest BCUT2D eigenvalue weighted by atomic mass is 10.1. The van der Waals surface area contributed by atoms with Crippen LogP contribution in [0.1, 0.15) is 10.4 Å².